The van der Waals surface area contributed by atoms with E-state index in [0.717, 1.165) is 16.7 Å². The Morgan fingerprint density at radius 1 is 0.362 bits per heavy atom. The third kappa shape index (κ3) is 4.54. The van der Waals surface area contributed by atoms with Gasteiger partial charge in [-0.2, -0.15) is 0 Å². The van der Waals surface area contributed by atoms with Gasteiger partial charge in [-0.05, 0) is 73.1 Å². The Bertz CT molecular complexity index is 2490. The van der Waals surface area contributed by atoms with E-state index >= 15 is 0 Å². The first-order chi connectivity index (χ1) is 23.0. The normalized spacial score (nSPS) is 13.1. The molecule has 0 radical (unpaired) electrons. The number of rotatable bonds is 4. The maximum atomic E-state index is 5.15. The van der Waals surface area contributed by atoms with Crippen LogP contribution >= 0.6 is 0 Å². The molecule has 0 spiro atoms. The molecule has 0 amide bonds. The van der Waals surface area contributed by atoms with Crippen LogP contribution in [-0.2, 0) is 5.41 Å². The molecule has 8 aromatic rings. The zero-order chi connectivity index (χ0) is 31.5. The SMILES string of the molecule is CC1(C)c2ccccc2-c2ccc(-c3nc(-c4ccccc4)nc(-c4ccc5cccc(-c6ccc7ccccc7c6)c5c4)n3)cc21. The van der Waals surface area contributed by atoms with Crippen molar-refractivity contribution in [2.24, 2.45) is 0 Å². The molecule has 0 unspecified atom stereocenters. The summed E-state index contributed by atoms with van der Waals surface area (Å²) in [7, 11) is 0. The second-order valence-electron chi connectivity index (χ2n) is 12.9. The van der Waals surface area contributed by atoms with Gasteiger partial charge in [0, 0.05) is 22.1 Å². The van der Waals surface area contributed by atoms with Gasteiger partial charge < -0.3 is 0 Å². The average molecular weight is 602 g/mol. The van der Waals surface area contributed by atoms with Crippen molar-refractivity contribution in [3.63, 3.8) is 0 Å². The van der Waals surface area contributed by atoms with Gasteiger partial charge in [0.15, 0.2) is 17.5 Å². The number of hydrogen-bond acceptors (Lipinski definition) is 3. The summed E-state index contributed by atoms with van der Waals surface area (Å²) < 4.78 is 0. The van der Waals surface area contributed by atoms with E-state index in [0.29, 0.717) is 17.5 Å². The van der Waals surface area contributed by atoms with Crippen molar-refractivity contribution in [1.29, 1.82) is 0 Å². The maximum absolute atomic E-state index is 5.15. The summed E-state index contributed by atoms with van der Waals surface area (Å²) in [5.74, 6) is 2.00. The molecule has 0 saturated heterocycles. The third-order valence-electron chi connectivity index (χ3n) is 9.71. The molecule has 0 N–H and O–H groups in total. The van der Waals surface area contributed by atoms with E-state index in [9.17, 15) is 0 Å². The van der Waals surface area contributed by atoms with E-state index in [1.807, 2.05) is 18.2 Å². The lowest BCUT2D eigenvalue weighted by Gasteiger charge is -2.21. The Balaban J connectivity index is 1.21. The smallest absolute Gasteiger partial charge is 0.164 e. The first-order valence-electron chi connectivity index (χ1n) is 16.1. The summed E-state index contributed by atoms with van der Waals surface area (Å²) in [6.07, 6.45) is 0. The standard InChI is InChI=1S/C44H31N3/c1-44(2)39-18-9-8-16-36(39)37-24-23-34(27-40(37)44)43-46-41(30-12-4-3-5-13-30)45-42(47-43)33-22-20-29-15-10-17-35(38(29)26-33)32-21-19-28-11-6-7-14-31(28)25-32/h3-27H,1-2H3. The lowest BCUT2D eigenvalue weighted by Crippen LogP contribution is -2.15. The van der Waals surface area contributed by atoms with Crippen molar-refractivity contribution >= 4 is 21.5 Å². The first kappa shape index (κ1) is 27.4. The number of hydrogen-bond donors (Lipinski definition) is 0. The molecule has 0 atom stereocenters. The quantitative estimate of drug-likeness (QED) is 0.201. The van der Waals surface area contributed by atoms with E-state index < -0.39 is 0 Å². The Morgan fingerprint density at radius 2 is 0.936 bits per heavy atom. The molecule has 0 aliphatic heterocycles. The molecule has 3 nitrogen and oxygen atoms in total. The highest BCUT2D eigenvalue weighted by molar-refractivity contribution is 6.00. The van der Waals surface area contributed by atoms with Crippen molar-refractivity contribution in [3.05, 3.63) is 163 Å². The van der Waals surface area contributed by atoms with E-state index in [2.05, 4.69) is 147 Å². The second-order valence-corrected chi connectivity index (χ2v) is 12.9. The fourth-order valence-electron chi connectivity index (χ4n) is 7.21. The first-order valence-corrected chi connectivity index (χ1v) is 16.1. The summed E-state index contributed by atoms with van der Waals surface area (Å²) in [5, 5.41) is 4.81. The largest absolute Gasteiger partial charge is 0.208 e. The zero-order valence-corrected chi connectivity index (χ0v) is 26.3. The predicted octanol–water partition coefficient (Wildman–Crippen LogP) is 11.2. The van der Waals surface area contributed by atoms with Crippen LogP contribution in [-0.4, -0.2) is 15.0 Å². The highest BCUT2D eigenvalue weighted by Crippen LogP contribution is 2.49. The molecule has 1 aliphatic carbocycles. The topological polar surface area (TPSA) is 38.7 Å². The molecule has 3 heteroatoms. The zero-order valence-electron chi connectivity index (χ0n) is 26.3. The summed E-state index contributed by atoms with van der Waals surface area (Å²) >= 11 is 0. The van der Waals surface area contributed by atoms with Crippen LogP contribution < -0.4 is 0 Å². The summed E-state index contributed by atoms with van der Waals surface area (Å²) in [5.41, 5.74) is 10.4. The molecule has 7 aromatic carbocycles. The van der Waals surface area contributed by atoms with Gasteiger partial charge in [-0.1, -0.05) is 147 Å². The Morgan fingerprint density at radius 3 is 1.77 bits per heavy atom. The van der Waals surface area contributed by atoms with Crippen molar-refractivity contribution in [2.75, 3.05) is 0 Å². The number of benzene rings is 7. The number of aromatic nitrogens is 3. The van der Waals surface area contributed by atoms with Gasteiger partial charge in [-0.25, -0.2) is 15.0 Å². The molecule has 1 aliphatic rings. The molecule has 47 heavy (non-hydrogen) atoms. The molecular formula is C44H31N3. The van der Waals surface area contributed by atoms with E-state index in [4.69, 9.17) is 15.0 Å². The maximum Gasteiger partial charge on any atom is 0.164 e. The van der Waals surface area contributed by atoms with Gasteiger partial charge in [0.05, 0.1) is 0 Å². The predicted molar refractivity (Wildman–Crippen MR) is 194 cm³/mol. The van der Waals surface area contributed by atoms with Gasteiger partial charge in [0.25, 0.3) is 0 Å². The lowest BCUT2D eigenvalue weighted by molar-refractivity contribution is 0.660. The Kier molecular flexibility index (Phi) is 6.16. The Hall–Kier alpha value is -5.93. The van der Waals surface area contributed by atoms with E-state index in [-0.39, 0.29) is 5.41 Å². The summed E-state index contributed by atoms with van der Waals surface area (Å²) in [6, 6.07) is 53.8. The molecule has 0 bridgehead atoms. The number of fused-ring (bicyclic) bond motifs is 5. The summed E-state index contributed by atoms with van der Waals surface area (Å²) in [4.78, 5) is 15.3. The highest BCUT2D eigenvalue weighted by atomic mass is 15.0. The van der Waals surface area contributed by atoms with Crippen LogP contribution in [0.5, 0.6) is 0 Å². The average Bonchev–Trinajstić information content (AvgIpc) is 3.36. The van der Waals surface area contributed by atoms with Gasteiger partial charge in [-0.15, -0.1) is 0 Å². The molecule has 0 saturated carbocycles. The molecular weight excluding hydrogens is 571 g/mol. The lowest BCUT2D eigenvalue weighted by atomic mass is 9.82. The minimum Gasteiger partial charge on any atom is -0.208 e. The van der Waals surface area contributed by atoms with E-state index in [1.165, 1.54) is 54.9 Å². The molecule has 0 fully saturated rings. The minimum atomic E-state index is -0.114. The van der Waals surface area contributed by atoms with Crippen LogP contribution in [0.2, 0.25) is 0 Å². The van der Waals surface area contributed by atoms with Crippen molar-refractivity contribution in [3.8, 4) is 56.4 Å². The van der Waals surface area contributed by atoms with Crippen molar-refractivity contribution in [2.45, 2.75) is 19.3 Å². The molecule has 9 rings (SSSR count). The van der Waals surface area contributed by atoms with Crippen LogP contribution in [0.3, 0.4) is 0 Å². The minimum absolute atomic E-state index is 0.114. The van der Waals surface area contributed by atoms with Gasteiger partial charge in [-0.3, -0.25) is 0 Å². The number of nitrogens with zero attached hydrogens (tertiary/aromatic N) is 3. The van der Waals surface area contributed by atoms with Crippen LogP contribution in [0, 0.1) is 0 Å². The molecule has 1 aromatic heterocycles. The van der Waals surface area contributed by atoms with Gasteiger partial charge >= 0.3 is 0 Å². The Labute approximate surface area is 274 Å². The van der Waals surface area contributed by atoms with Crippen molar-refractivity contribution < 1.29 is 0 Å². The third-order valence-corrected chi connectivity index (χ3v) is 9.71. The van der Waals surface area contributed by atoms with Gasteiger partial charge in [0.1, 0.15) is 0 Å². The van der Waals surface area contributed by atoms with Crippen LogP contribution in [0.15, 0.2) is 152 Å². The molecule has 1 heterocycles. The fraction of sp³-hybridized carbons (Fsp3) is 0.0682. The highest BCUT2D eigenvalue weighted by Gasteiger charge is 2.35. The van der Waals surface area contributed by atoms with Crippen LogP contribution in [0.25, 0.3) is 78.0 Å². The summed E-state index contributed by atoms with van der Waals surface area (Å²) in [6.45, 7) is 4.61. The van der Waals surface area contributed by atoms with E-state index in [1.54, 1.807) is 0 Å². The fourth-order valence-corrected chi connectivity index (χ4v) is 7.21. The van der Waals surface area contributed by atoms with Crippen LogP contribution in [0.1, 0.15) is 25.0 Å². The second kappa shape index (κ2) is 10.6. The van der Waals surface area contributed by atoms with Gasteiger partial charge in [0.2, 0.25) is 0 Å². The molecule has 222 valence electrons. The van der Waals surface area contributed by atoms with Crippen molar-refractivity contribution in [1.82, 2.24) is 15.0 Å². The van der Waals surface area contributed by atoms with Crippen LogP contribution in [0.4, 0.5) is 0 Å². The monoisotopic (exact) mass is 601 g/mol.